The highest BCUT2D eigenvalue weighted by atomic mass is 19.4. The molecule has 0 aliphatic rings. The standard InChI is InChI=1S/C19H14F4N4O/c20-14-5-1-12(2-6-14)9-26-18(28)16-10-25-17(11-24-16)27-15-7-3-13(4-8-15)19(21,22)23/h1-8,10-11H,9H2,(H,25,27)(H,26,28). The first kappa shape index (κ1) is 19.3. The lowest BCUT2D eigenvalue weighted by atomic mass is 10.2. The number of rotatable bonds is 5. The Labute approximate surface area is 157 Å². The Morgan fingerprint density at radius 1 is 0.929 bits per heavy atom. The number of amides is 1. The molecule has 1 heterocycles. The van der Waals surface area contributed by atoms with Gasteiger partial charge in [-0.15, -0.1) is 0 Å². The van der Waals surface area contributed by atoms with Crippen molar-refractivity contribution in [1.82, 2.24) is 15.3 Å². The van der Waals surface area contributed by atoms with E-state index in [1.165, 1.54) is 36.7 Å². The van der Waals surface area contributed by atoms with Crippen molar-refractivity contribution >= 4 is 17.4 Å². The summed E-state index contributed by atoms with van der Waals surface area (Å²) in [6, 6.07) is 10.1. The van der Waals surface area contributed by atoms with E-state index in [0.717, 1.165) is 17.7 Å². The minimum Gasteiger partial charge on any atom is -0.347 e. The molecule has 0 unspecified atom stereocenters. The minimum atomic E-state index is -4.40. The topological polar surface area (TPSA) is 66.9 Å². The van der Waals surface area contributed by atoms with Crippen molar-refractivity contribution in [3.05, 3.63) is 83.6 Å². The lowest BCUT2D eigenvalue weighted by molar-refractivity contribution is -0.137. The molecule has 0 aliphatic carbocycles. The van der Waals surface area contributed by atoms with Gasteiger partial charge < -0.3 is 10.6 Å². The van der Waals surface area contributed by atoms with Crippen LogP contribution in [0, 0.1) is 5.82 Å². The van der Waals surface area contributed by atoms with Gasteiger partial charge in [0.15, 0.2) is 0 Å². The molecule has 144 valence electrons. The second kappa shape index (κ2) is 8.03. The van der Waals surface area contributed by atoms with E-state index in [9.17, 15) is 22.4 Å². The second-order valence-electron chi connectivity index (χ2n) is 5.80. The van der Waals surface area contributed by atoms with Gasteiger partial charge in [0.1, 0.15) is 17.3 Å². The molecular formula is C19H14F4N4O. The maximum Gasteiger partial charge on any atom is 0.416 e. The molecule has 1 aromatic heterocycles. The molecule has 1 amide bonds. The summed E-state index contributed by atoms with van der Waals surface area (Å²) in [7, 11) is 0. The molecule has 0 aliphatic heterocycles. The van der Waals surface area contributed by atoms with Crippen LogP contribution in [0.1, 0.15) is 21.6 Å². The van der Waals surface area contributed by atoms with Gasteiger partial charge in [-0.2, -0.15) is 13.2 Å². The summed E-state index contributed by atoms with van der Waals surface area (Å²) >= 11 is 0. The average molecular weight is 390 g/mol. The van der Waals surface area contributed by atoms with Gasteiger partial charge >= 0.3 is 6.18 Å². The zero-order chi connectivity index (χ0) is 20.1. The normalized spacial score (nSPS) is 11.1. The number of anilines is 2. The second-order valence-corrected chi connectivity index (χ2v) is 5.80. The largest absolute Gasteiger partial charge is 0.416 e. The fourth-order valence-electron chi connectivity index (χ4n) is 2.28. The number of hydrogen-bond acceptors (Lipinski definition) is 4. The molecule has 0 saturated carbocycles. The van der Waals surface area contributed by atoms with Crippen LogP contribution in [-0.4, -0.2) is 15.9 Å². The SMILES string of the molecule is O=C(NCc1ccc(F)cc1)c1cnc(Nc2ccc(C(F)(F)F)cc2)cn1. The predicted molar refractivity (Wildman–Crippen MR) is 94.3 cm³/mol. The highest BCUT2D eigenvalue weighted by Crippen LogP contribution is 2.30. The van der Waals surface area contributed by atoms with Crippen LogP contribution in [0.15, 0.2) is 60.9 Å². The molecule has 3 rings (SSSR count). The monoisotopic (exact) mass is 390 g/mol. The number of hydrogen-bond donors (Lipinski definition) is 2. The van der Waals surface area contributed by atoms with Gasteiger partial charge in [-0.05, 0) is 42.0 Å². The van der Waals surface area contributed by atoms with Gasteiger partial charge in [0.2, 0.25) is 0 Å². The number of nitrogens with one attached hydrogen (secondary N) is 2. The van der Waals surface area contributed by atoms with E-state index >= 15 is 0 Å². The number of halogens is 4. The van der Waals surface area contributed by atoms with Crippen molar-refractivity contribution in [2.24, 2.45) is 0 Å². The van der Waals surface area contributed by atoms with Crippen LogP contribution in [0.5, 0.6) is 0 Å². The van der Waals surface area contributed by atoms with Gasteiger partial charge in [-0.3, -0.25) is 4.79 Å². The summed E-state index contributed by atoms with van der Waals surface area (Å²) in [6.45, 7) is 0.201. The Hall–Kier alpha value is -3.49. The summed E-state index contributed by atoms with van der Waals surface area (Å²) in [5, 5.41) is 5.44. The molecule has 9 heteroatoms. The van der Waals surface area contributed by atoms with Crippen molar-refractivity contribution in [2.45, 2.75) is 12.7 Å². The molecule has 0 saturated heterocycles. The van der Waals surface area contributed by atoms with Gasteiger partial charge in [-0.1, -0.05) is 12.1 Å². The number of aromatic nitrogens is 2. The number of benzene rings is 2. The molecule has 0 fully saturated rings. The Kier molecular flexibility index (Phi) is 5.53. The molecule has 5 nitrogen and oxygen atoms in total. The maximum atomic E-state index is 12.9. The van der Waals surface area contributed by atoms with E-state index in [1.54, 1.807) is 12.1 Å². The number of nitrogens with zero attached hydrogens (tertiary/aromatic N) is 2. The Morgan fingerprint density at radius 3 is 2.18 bits per heavy atom. The molecule has 2 N–H and O–H groups in total. The van der Waals surface area contributed by atoms with Gasteiger partial charge in [-0.25, -0.2) is 14.4 Å². The molecule has 0 radical (unpaired) electrons. The predicted octanol–water partition coefficient (Wildman–Crippen LogP) is 4.31. The quantitative estimate of drug-likeness (QED) is 0.638. The first-order valence-corrected chi connectivity index (χ1v) is 8.10. The van der Waals surface area contributed by atoms with Crippen molar-refractivity contribution < 1.29 is 22.4 Å². The van der Waals surface area contributed by atoms with Gasteiger partial charge in [0.05, 0.1) is 18.0 Å². The molecule has 0 bridgehead atoms. The summed E-state index contributed by atoms with van der Waals surface area (Å²) in [4.78, 5) is 20.1. The Bertz CT molecular complexity index is 940. The van der Waals surface area contributed by atoms with Crippen LogP contribution in [0.3, 0.4) is 0 Å². The van der Waals surface area contributed by atoms with Crippen molar-refractivity contribution in [3.63, 3.8) is 0 Å². The zero-order valence-corrected chi connectivity index (χ0v) is 14.3. The van der Waals surface area contributed by atoms with Crippen LogP contribution >= 0.6 is 0 Å². The first-order valence-electron chi connectivity index (χ1n) is 8.10. The lowest BCUT2D eigenvalue weighted by Crippen LogP contribution is -2.24. The van der Waals surface area contributed by atoms with E-state index < -0.39 is 17.6 Å². The third-order valence-electron chi connectivity index (χ3n) is 3.74. The van der Waals surface area contributed by atoms with Crippen molar-refractivity contribution in [2.75, 3.05) is 5.32 Å². The summed E-state index contributed by atoms with van der Waals surface area (Å²) in [6.07, 6.45) is -1.86. The third kappa shape index (κ3) is 5.03. The van der Waals surface area contributed by atoms with Crippen LogP contribution in [0.25, 0.3) is 0 Å². The van der Waals surface area contributed by atoms with E-state index in [0.29, 0.717) is 5.69 Å². The van der Waals surface area contributed by atoms with Gasteiger partial charge in [0.25, 0.3) is 5.91 Å². The fourth-order valence-corrected chi connectivity index (χ4v) is 2.28. The summed E-state index contributed by atoms with van der Waals surface area (Å²) < 4.78 is 50.5. The first-order chi connectivity index (χ1) is 13.3. The van der Waals surface area contributed by atoms with Crippen LogP contribution in [-0.2, 0) is 12.7 Å². The number of carbonyl (C=O) groups is 1. The average Bonchev–Trinajstić information content (AvgIpc) is 2.67. The number of alkyl halides is 3. The lowest BCUT2D eigenvalue weighted by Gasteiger charge is -2.09. The van der Waals surface area contributed by atoms with E-state index in [1.807, 2.05) is 0 Å². The summed E-state index contributed by atoms with van der Waals surface area (Å²) in [5.74, 6) is -0.551. The van der Waals surface area contributed by atoms with E-state index in [2.05, 4.69) is 20.6 Å². The molecule has 2 aromatic carbocycles. The highest BCUT2D eigenvalue weighted by Gasteiger charge is 2.29. The number of carbonyl (C=O) groups excluding carboxylic acids is 1. The minimum absolute atomic E-state index is 0.0695. The van der Waals surface area contributed by atoms with Crippen molar-refractivity contribution in [3.8, 4) is 0 Å². The third-order valence-corrected chi connectivity index (χ3v) is 3.74. The molecule has 28 heavy (non-hydrogen) atoms. The molecule has 0 spiro atoms. The van der Waals surface area contributed by atoms with Gasteiger partial charge in [0, 0.05) is 12.2 Å². The van der Waals surface area contributed by atoms with E-state index in [4.69, 9.17) is 0 Å². The zero-order valence-electron chi connectivity index (χ0n) is 14.3. The molecule has 3 aromatic rings. The smallest absolute Gasteiger partial charge is 0.347 e. The summed E-state index contributed by atoms with van der Waals surface area (Å²) in [5.41, 5.74) is 0.441. The maximum absolute atomic E-state index is 12.9. The van der Waals surface area contributed by atoms with Crippen molar-refractivity contribution in [1.29, 1.82) is 0 Å². The molecule has 0 atom stereocenters. The van der Waals surface area contributed by atoms with Crippen LogP contribution < -0.4 is 10.6 Å². The fraction of sp³-hybridized carbons (Fsp3) is 0.105. The molecular weight excluding hydrogens is 376 g/mol. The highest BCUT2D eigenvalue weighted by molar-refractivity contribution is 5.92. The Morgan fingerprint density at radius 2 is 1.61 bits per heavy atom. The van der Waals surface area contributed by atoms with Crippen LogP contribution in [0.2, 0.25) is 0 Å². The van der Waals surface area contributed by atoms with E-state index in [-0.39, 0.29) is 23.9 Å². The Balaban J connectivity index is 1.58. The van der Waals surface area contributed by atoms with Crippen LogP contribution in [0.4, 0.5) is 29.1 Å².